The molecule has 10 heteroatoms. The normalized spacial score (nSPS) is 15.7. The number of hydrogen-bond donors (Lipinski definition) is 2. The van der Waals surface area contributed by atoms with E-state index in [0.29, 0.717) is 4.90 Å². The van der Waals surface area contributed by atoms with Crippen molar-refractivity contribution in [3.8, 4) is 0 Å². The number of urea groups is 1. The lowest BCUT2D eigenvalue weighted by atomic mass is 10.3. The van der Waals surface area contributed by atoms with Gasteiger partial charge in [0.2, 0.25) is 5.91 Å². The number of carbonyl (C=O) groups excluding carboxylic acids is 2. The van der Waals surface area contributed by atoms with Crippen LogP contribution < -0.4 is 5.32 Å². The molecule has 1 saturated heterocycles. The SMILES string of the molecule is O=C(O)CCCNC(=O)N1CC(=O)N(CC(F)(F)F)C1. The number of nitrogens with zero attached hydrogens (tertiary/aromatic N) is 2. The number of alkyl halides is 3. The fourth-order valence-electron chi connectivity index (χ4n) is 1.64. The molecular formula is C10H14F3N3O4. The van der Waals surface area contributed by atoms with Gasteiger partial charge < -0.3 is 15.3 Å². The number of hydrogen-bond acceptors (Lipinski definition) is 3. The molecule has 3 amide bonds. The van der Waals surface area contributed by atoms with Crippen LogP contribution in [0, 0.1) is 0 Å². The predicted octanol–water partition coefficient (Wildman–Crippen LogP) is 0.225. The Bertz CT molecular complexity index is 400. The summed E-state index contributed by atoms with van der Waals surface area (Å²) in [4.78, 5) is 34.6. The molecule has 0 aromatic rings. The van der Waals surface area contributed by atoms with Crippen LogP contribution in [-0.4, -0.2) is 65.3 Å². The molecule has 0 saturated carbocycles. The predicted molar refractivity (Wildman–Crippen MR) is 59.6 cm³/mol. The van der Waals surface area contributed by atoms with Crippen LogP contribution in [-0.2, 0) is 9.59 Å². The highest BCUT2D eigenvalue weighted by Gasteiger charge is 2.38. The quantitative estimate of drug-likeness (QED) is 0.711. The van der Waals surface area contributed by atoms with Gasteiger partial charge in [-0.05, 0) is 6.42 Å². The van der Waals surface area contributed by atoms with Gasteiger partial charge in [-0.3, -0.25) is 14.5 Å². The monoisotopic (exact) mass is 297 g/mol. The van der Waals surface area contributed by atoms with Crippen molar-refractivity contribution in [1.29, 1.82) is 0 Å². The molecule has 20 heavy (non-hydrogen) atoms. The zero-order valence-electron chi connectivity index (χ0n) is 10.4. The number of aliphatic carboxylic acids is 1. The second-order valence-corrected chi connectivity index (χ2v) is 4.28. The summed E-state index contributed by atoms with van der Waals surface area (Å²) in [5.41, 5.74) is 0. The van der Waals surface area contributed by atoms with E-state index in [0.717, 1.165) is 4.90 Å². The van der Waals surface area contributed by atoms with Crippen LogP contribution in [0.3, 0.4) is 0 Å². The van der Waals surface area contributed by atoms with Crippen LogP contribution in [0.1, 0.15) is 12.8 Å². The molecule has 1 fully saturated rings. The van der Waals surface area contributed by atoms with Gasteiger partial charge >= 0.3 is 18.2 Å². The lowest BCUT2D eigenvalue weighted by Crippen LogP contribution is -2.41. The Morgan fingerprint density at radius 3 is 2.55 bits per heavy atom. The van der Waals surface area contributed by atoms with Crippen LogP contribution in [0.15, 0.2) is 0 Å². The molecule has 0 atom stereocenters. The van der Waals surface area contributed by atoms with Crippen molar-refractivity contribution in [2.45, 2.75) is 19.0 Å². The number of carboxylic acids is 1. The van der Waals surface area contributed by atoms with E-state index in [4.69, 9.17) is 5.11 Å². The Hall–Kier alpha value is -2.00. The van der Waals surface area contributed by atoms with Gasteiger partial charge in [0.05, 0.1) is 6.67 Å². The van der Waals surface area contributed by atoms with Crippen LogP contribution in [0.4, 0.5) is 18.0 Å². The van der Waals surface area contributed by atoms with E-state index < -0.39 is 43.8 Å². The fraction of sp³-hybridized carbons (Fsp3) is 0.700. The van der Waals surface area contributed by atoms with Crippen molar-refractivity contribution in [1.82, 2.24) is 15.1 Å². The number of carbonyl (C=O) groups is 3. The lowest BCUT2D eigenvalue weighted by molar-refractivity contribution is -0.157. The Labute approximate surface area is 112 Å². The molecule has 0 aromatic heterocycles. The van der Waals surface area contributed by atoms with E-state index in [1.54, 1.807) is 0 Å². The third-order valence-electron chi connectivity index (χ3n) is 2.52. The molecule has 1 aliphatic rings. The van der Waals surface area contributed by atoms with Gasteiger partial charge in [0.15, 0.2) is 0 Å². The smallest absolute Gasteiger partial charge is 0.406 e. The molecule has 0 bridgehead atoms. The minimum absolute atomic E-state index is 0.0785. The highest BCUT2D eigenvalue weighted by atomic mass is 19.4. The molecular weight excluding hydrogens is 283 g/mol. The van der Waals surface area contributed by atoms with Gasteiger partial charge in [-0.15, -0.1) is 0 Å². The third-order valence-corrected chi connectivity index (χ3v) is 2.52. The summed E-state index contributed by atoms with van der Waals surface area (Å²) < 4.78 is 36.5. The summed E-state index contributed by atoms with van der Waals surface area (Å²) in [5.74, 6) is -1.78. The molecule has 0 aromatic carbocycles. The number of rotatable bonds is 5. The molecule has 7 nitrogen and oxygen atoms in total. The van der Waals surface area contributed by atoms with Gasteiger partial charge in [0.25, 0.3) is 0 Å². The second-order valence-electron chi connectivity index (χ2n) is 4.28. The summed E-state index contributed by atoms with van der Waals surface area (Å²) in [7, 11) is 0. The van der Waals surface area contributed by atoms with Crippen molar-refractivity contribution in [2.75, 3.05) is 26.3 Å². The summed E-state index contributed by atoms with van der Waals surface area (Å²) in [6, 6.07) is -0.687. The van der Waals surface area contributed by atoms with Gasteiger partial charge in [-0.25, -0.2) is 4.79 Å². The van der Waals surface area contributed by atoms with Crippen LogP contribution in [0.2, 0.25) is 0 Å². The Kier molecular flexibility index (Phi) is 5.17. The minimum Gasteiger partial charge on any atom is -0.481 e. The Morgan fingerprint density at radius 2 is 2.00 bits per heavy atom. The maximum absolute atomic E-state index is 12.2. The molecule has 0 radical (unpaired) electrons. The second kappa shape index (κ2) is 6.44. The first kappa shape index (κ1) is 16.1. The topological polar surface area (TPSA) is 90.0 Å². The average Bonchev–Trinajstić information content (AvgIpc) is 2.63. The molecule has 0 aliphatic carbocycles. The third kappa shape index (κ3) is 5.33. The molecule has 1 heterocycles. The van der Waals surface area contributed by atoms with E-state index in [1.807, 2.05) is 0 Å². The largest absolute Gasteiger partial charge is 0.481 e. The summed E-state index contributed by atoms with van der Waals surface area (Å²) in [5, 5.41) is 10.7. The van der Waals surface area contributed by atoms with Gasteiger partial charge in [-0.2, -0.15) is 13.2 Å². The molecule has 0 unspecified atom stereocenters. The average molecular weight is 297 g/mol. The number of halogens is 3. The van der Waals surface area contributed by atoms with Crippen molar-refractivity contribution in [2.24, 2.45) is 0 Å². The van der Waals surface area contributed by atoms with Crippen molar-refractivity contribution < 1.29 is 32.7 Å². The van der Waals surface area contributed by atoms with Gasteiger partial charge in [-0.1, -0.05) is 0 Å². The van der Waals surface area contributed by atoms with Crippen molar-refractivity contribution >= 4 is 17.9 Å². The maximum Gasteiger partial charge on any atom is 0.406 e. The molecule has 1 rings (SSSR count). The summed E-state index contributed by atoms with van der Waals surface area (Å²) >= 11 is 0. The van der Waals surface area contributed by atoms with Crippen LogP contribution in [0.25, 0.3) is 0 Å². The molecule has 114 valence electrons. The lowest BCUT2D eigenvalue weighted by Gasteiger charge is -2.19. The first-order valence-electron chi connectivity index (χ1n) is 5.78. The summed E-state index contributed by atoms with van der Waals surface area (Å²) in [6.45, 7) is -2.16. The highest BCUT2D eigenvalue weighted by Crippen LogP contribution is 2.19. The Morgan fingerprint density at radius 1 is 1.35 bits per heavy atom. The van der Waals surface area contributed by atoms with E-state index in [1.165, 1.54) is 0 Å². The molecule has 1 aliphatic heterocycles. The van der Waals surface area contributed by atoms with Crippen LogP contribution >= 0.6 is 0 Å². The first-order valence-corrected chi connectivity index (χ1v) is 5.78. The molecule has 2 N–H and O–H groups in total. The highest BCUT2D eigenvalue weighted by molar-refractivity contribution is 5.87. The zero-order valence-corrected chi connectivity index (χ0v) is 10.4. The van der Waals surface area contributed by atoms with Crippen molar-refractivity contribution in [3.05, 3.63) is 0 Å². The summed E-state index contributed by atoms with van der Waals surface area (Å²) in [6.07, 6.45) is -4.43. The maximum atomic E-state index is 12.2. The first-order chi connectivity index (χ1) is 9.19. The standard InChI is InChI=1S/C10H14F3N3O4/c11-10(12,13)5-16-6-15(4-7(16)17)9(20)14-3-1-2-8(18)19/h1-6H2,(H,14,20)(H,18,19). The fourth-order valence-corrected chi connectivity index (χ4v) is 1.64. The van der Waals surface area contributed by atoms with Gasteiger partial charge in [0, 0.05) is 13.0 Å². The van der Waals surface area contributed by atoms with E-state index in [2.05, 4.69) is 5.32 Å². The molecule has 0 spiro atoms. The van der Waals surface area contributed by atoms with E-state index in [-0.39, 0.29) is 19.4 Å². The minimum atomic E-state index is -4.51. The van der Waals surface area contributed by atoms with Gasteiger partial charge in [0.1, 0.15) is 13.1 Å². The number of nitrogens with one attached hydrogen (secondary N) is 1. The van der Waals surface area contributed by atoms with E-state index >= 15 is 0 Å². The number of amides is 3. The number of carboxylic acid groups (broad SMARTS) is 1. The Balaban J connectivity index is 2.36. The van der Waals surface area contributed by atoms with Crippen molar-refractivity contribution in [3.63, 3.8) is 0 Å². The van der Waals surface area contributed by atoms with Crippen LogP contribution in [0.5, 0.6) is 0 Å². The zero-order chi connectivity index (χ0) is 15.3. The van der Waals surface area contributed by atoms with E-state index in [9.17, 15) is 27.6 Å².